The predicted molar refractivity (Wildman–Crippen MR) is 91.9 cm³/mol. The van der Waals surface area contributed by atoms with Gasteiger partial charge in [-0.3, -0.25) is 9.48 Å². The number of hydrogen-bond donors (Lipinski definition) is 0. The molecule has 27 heavy (non-hydrogen) atoms. The fourth-order valence-electron chi connectivity index (χ4n) is 2.98. The average molecular weight is 370 g/mol. The standard InChI is InChI=1S/C19H16F2N4O2/c20-13-3-1-4-16(9-13)27-12-14-10-15-11-24(7-8-25(15)23-14)19(26)18-17(21)5-2-6-22-18/h1-6,9-10H,7-8,11-12H2. The number of halogens is 2. The van der Waals surface area contributed by atoms with Crippen LogP contribution in [0.2, 0.25) is 0 Å². The Morgan fingerprint density at radius 2 is 2.04 bits per heavy atom. The summed E-state index contributed by atoms with van der Waals surface area (Å²) in [6, 6.07) is 10.4. The summed E-state index contributed by atoms with van der Waals surface area (Å²) in [5, 5.41) is 4.44. The second kappa shape index (κ2) is 7.14. The number of amides is 1. The summed E-state index contributed by atoms with van der Waals surface area (Å²) < 4.78 is 34.4. The minimum atomic E-state index is -0.634. The van der Waals surface area contributed by atoms with Gasteiger partial charge in [0, 0.05) is 18.8 Å². The third kappa shape index (κ3) is 3.64. The lowest BCUT2D eigenvalue weighted by Crippen LogP contribution is -2.39. The second-order valence-corrected chi connectivity index (χ2v) is 6.16. The van der Waals surface area contributed by atoms with Gasteiger partial charge in [-0.15, -0.1) is 0 Å². The van der Waals surface area contributed by atoms with Gasteiger partial charge in [-0.2, -0.15) is 5.10 Å². The summed E-state index contributed by atoms with van der Waals surface area (Å²) in [5.41, 5.74) is 1.32. The normalized spacial score (nSPS) is 13.3. The molecule has 0 unspecified atom stereocenters. The minimum absolute atomic E-state index is 0.180. The number of ether oxygens (including phenoxy) is 1. The molecule has 0 N–H and O–H groups in total. The molecular weight excluding hydrogens is 354 g/mol. The van der Waals surface area contributed by atoms with Crippen LogP contribution in [0.3, 0.4) is 0 Å². The first-order valence-electron chi connectivity index (χ1n) is 8.44. The first kappa shape index (κ1) is 17.1. The van der Waals surface area contributed by atoms with Gasteiger partial charge in [0.15, 0.2) is 11.5 Å². The molecule has 4 rings (SSSR count). The van der Waals surface area contributed by atoms with Gasteiger partial charge < -0.3 is 9.64 Å². The molecule has 1 amide bonds. The van der Waals surface area contributed by atoms with E-state index in [2.05, 4.69) is 10.1 Å². The maximum atomic E-state index is 13.8. The molecule has 1 aromatic carbocycles. The van der Waals surface area contributed by atoms with Crippen LogP contribution in [0.1, 0.15) is 21.9 Å². The van der Waals surface area contributed by atoms with Gasteiger partial charge in [0.2, 0.25) is 0 Å². The zero-order chi connectivity index (χ0) is 18.8. The van der Waals surface area contributed by atoms with Gasteiger partial charge in [0.05, 0.1) is 18.8 Å². The van der Waals surface area contributed by atoms with Crippen LogP contribution in [-0.2, 0) is 19.7 Å². The number of fused-ring (bicyclic) bond motifs is 1. The summed E-state index contributed by atoms with van der Waals surface area (Å²) in [5.74, 6) is -1.03. The molecule has 1 aliphatic rings. The van der Waals surface area contributed by atoms with Crippen LogP contribution in [0.25, 0.3) is 0 Å². The number of nitrogens with zero attached hydrogens (tertiary/aromatic N) is 4. The van der Waals surface area contributed by atoms with Crippen LogP contribution in [0.4, 0.5) is 8.78 Å². The summed E-state index contributed by atoms with van der Waals surface area (Å²) in [6.45, 7) is 1.40. The average Bonchev–Trinajstić information content (AvgIpc) is 3.08. The topological polar surface area (TPSA) is 60.2 Å². The number of hydrogen-bond acceptors (Lipinski definition) is 4. The molecule has 1 aliphatic heterocycles. The quantitative estimate of drug-likeness (QED) is 0.709. The maximum absolute atomic E-state index is 13.8. The van der Waals surface area contributed by atoms with E-state index in [9.17, 15) is 13.6 Å². The molecule has 2 aromatic heterocycles. The highest BCUT2D eigenvalue weighted by molar-refractivity contribution is 5.92. The highest BCUT2D eigenvalue weighted by Crippen LogP contribution is 2.19. The molecule has 0 atom stereocenters. The van der Waals surface area contributed by atoms with Crippen molar-refractivity contribution in [1.82, 2.24) is 19.7 Å². The molecule has 0 aliphatic carbocycles. The SMILES string of the molecule is O=C(c1ncccc1F)N1CCn2nc(COc3cccc(F)c3)cc2C1. The second-order valence-electron chi connectivity index (χ2n) is 6.16. The van der Waals surface area contributed by atoms with Gasteiger partial charge >= 0.3 is 0 Å². The van der Waals surface area contributed by atoms with Crippen molar-refractivity contribution in [2.24, 2.45) is 0 Å². The number of aromatic nitrogens is 3. The summed E-state index contributed by atoms with van der Waals surface area (Å²) in [7, 11) is 0. The largest absolute Gasteiger partial charge is 0.487 e. The molecule has 138 valence electrons. The Hall–Kier alpha value is -3.29. The van der Waals surface area contributed by atoms with Crippen molar-refractivity contribution in [2.45, 2.75) is 19.7 Å². The van der Waals surface area contributed by atoms with E-state index in [0.717, 1.165) is 5.69 Å². The summed E-state index contributed by atoms with van der Waals surface area (Å²) in [6.07, 6.45) is 1.40. The van der Waals surface area contributed by atoms with Gasteiger partial charge in [-0.05, 0) is 30.3 Å². The van der Waals surface area contributed by atoms with Crippen molar-refractivity contribution in [2.75, 3.05) is 6.54 Å². The van der Waals surface area contributed by atoms with Gasteiger partial charge in [0.25, 0.3) is 5.91 Å². The minimum Gasteiger partial charge on any atom is -0.487 e. The van der Waals surface area contributed by atoms with E-state index in [1.165, 1.54) is 30.5 Å². The van der Waals surface area contributed by atoms with Crippen molar-refractivity contribution in [1.29, 1.82) is 0 Å². The number of carbonyl (C=O) groups is 1. The third-order valence-electron chi connectivity index (χ3n) is 4.28. The van der Waals surface area contributed by atoms with Gasteiger partial charge in [-0.25, -0.2) is 13.8 Å². The smallest absolute Gasteiger partial charge is 0.275 e. The first-order chi connectivity index (χ1) is 13.1. The maximum Gasteiger partial charge on any atom is 0.275 e. The van der Waals surface area contributed by atoms with Crippen molar-refractivity contribution < 1.29 is 18.3 Å². The van der Waals surface area contributed by atoms with Gasteiger partial charge in [0.1, 0.15) is 23.9 Å². The van der Waals surface area contributed by atoms with Crippen molar-refractivity contribution in [3.63, 3.8) is 0 Å². The van der Waals surface area contributed by atoms with Crippen molar-refractivity contribution in [3.05, 3.63) is 77.4 Å². The Bertz CT molecular complexity index is 989. The summed E-state index contributed by atoms with van der Waals surface area (Å²) in [4.78, 5) is 17.9. The highest BCUT2D eigenvalue weighted by atomic mass is 19.1. The van der Waals surface area contributed by atoms with E-state index in [0.29, 0.717) is 31.1 Å². The van der Waals surface area contributed by atoms with Gasteiger partial charge in [-0.1, -0.05) is 6.07 Å². The molecule has 0 saturated carbocycles. The van der Waals surface area contributed by atoms with E-state index >= 15 is 0 Å². The predicted octanol–water partition coefficient (Wildman–Crippen LogP) is 2.79. The van der Waals surface area contributed by atoms with Crippen LogP contribution in [0.5, 0.6) is 5.75 Å². The Balaban J connectivity index is 1.44. The first-order valence-corrected chi connectivity index (χ1v) is 8.44. The van der Waals surface area contributed by atoms with E-state index in [4.69, 9.17) is 4.74 Å². The third-order valence-corrected chi connectivity index (χ3v) is 4.28. The fraction of sp³-hybridized carbons (Fsp3) is 0.211. The van der Waals surface area contributed by atoms with Crippen LogP contribution >= 0.6 is 0 Å². The monoisotopic (exact) mass is 370 g/mol. The number of benzene rings is 1. The van der Waals surface area contributed by atoms with E-state index in [1.54, 1.807) is 21.7 Å². The lowest BCUT2D eigenvalue weighted by molar-refractivity contribution is 0.0694. The molecular formula is C19H16F2N4O2. The summed E-state index contributed by atoms with van der Waals surface area (Å²) >= 11 is 0. The Morgan fingerprint density at radius 1 is 1.15 bits per heavy atom. The molecule has 0 spiro atoms. The number of rotatable bonds is 4. The van der Waals surface area contributed by atoms with Crippen LogP contribution in [0.15, 0.2) is 48.7 Å². The molecule has 3 heterocycles. The lowest BCUT2D eigenvalue weighted by Gasteiger charge is -2.27. The Morgan fingerprint density at radius 3 is 2.85 bits per heavy atom. The zero-order valence-corrected chi connectivity index (χ0v) is 14.3. The van der Waals surface area contributed by atoms with E-state index in [1.807, 2.05) is 6.07 Å². The lowest BCUT2D eigenvalue weighted by atomic mass is 10.2. The molecule has 0 radical (unpaired) electrons. The molecule has 0 saturated heterocycles. The highest BCUT2D eigenvalue weighted by Gasteiger charge is 2.25. The van der Waals surface area contributed by atoms with Crippen molar-refractivity contribution in [3.8, 4) is 5.75 Å². The Kier molecular flexibility index (Phi) is 4.53. The van der Waals surface area contributed by atoms with Crippen molar-refractivity contribution >= 4 is 5.91 Å². The molecule has 3 aromatic rings. The molecule has 8 heteroatoms. The van der Waals surface area contributed by atoms with Crippen LogP contribution < -0.4 is 4.74 Å². The molecule has 6 nitrogen and oxygen atoms in total. The Labute approximate surface area is 154 Å². The molecule has 0 fully saturated rings. The number of pyridine rings is 1. The van der Waals surface area contributed by atoms with Crippen LogP contribution in [-0.4, -0.2) is 32.1 Å². The van der Waals surface area contributed by atoms with Crippen LogP contribution in [0, 0.1) is 11.6 Å². The molecule has 0 bridgehead atoms. The number of carbonyl (C=O) groups excluding carboxylic acids is 1. The van der Waals surface area contributed by atoms with E-state index < -0.39 is 11.7 Å². The van der Waals surface area contributed by atoms with E-state index in [-0.39, 0.29) is 18.1 Å². The fourth-order valence-corrected chi connectivity index (χ4v) is 2.98. The zero-order valence-electron chi connectivity index (χ0n) is 14.3.